The molecule has 0 amide bonds. The second-order valence-corrected chi connectivity index (χ2v) is 5.47. The van der Waals surface area contributed by atoms with E-state index < -0.39 is 0 Å². The molecule has 2 N–H and O–H groups in total. The van der Waals surface area contributed by atoms with Crippen molar-refractivity contribution in [1.82, 2.24) is 0 Å². The largest absolute Gasteiger partial charge is 0.489 e. The average Bonchev–Trinajstić information content (AvgIpc) is 2.26. The van der Waals surface area contributed by atoms with Gasteiger partial charge in [0.15, 0.2) is 0 Å². The number of nitrogens with two attached hydrogens (primary N) is 1. The van der Waals surface area contributed by atoms with E-state index in [9.17, 15) is 0 Å². The zero-order valence-electron chi connectivity index (χ0n) is 9.29. The fourth-order valence-electron chi connectivity index (χ4n) is 1.45. The van der Waals surface area contributed by atoms with Crippen molar-refractivity contribution in [2.75, 3.05) is 5.73 Å². The standard InChI is InChI=1S/C13H10BrCl2NO/c14-13-6-11(17)2-1-8(13)7-18-12-4-9(15)3-10(16)5-12/h1-6H,7,17H2. The molecule has 2 aromatic rings. The first kappa shape index (κ1) is 13.5. The summed E-state index contributed by atoms with van der Waals surface area (Å²) in [6.45, 7) is 0.414. The van der Waals surface area contributed by atoms with Crippen LogP contribution >= 0.6 is 39.1 Å². The first-order valence-electron chi connectivity index (χ1n) is 5.17. The molecule has 0 bridgehead atoms. The summed E-state index contributed by atoms with van der Waals surface area (Å²) in [5.74, 6) is 0.635. The van der Waals surface area contributed by atoms with E-state index in [4.69, 9.17) is 33.7 Å². The molecule has 5 heteroatoms. The third-order valence-electron chi connectivity index (χ3n) is 2.31. The van der Waals surface area contributed by atoms with Crippen molar-refractivity contribution in [1.29, 1.82) is 0 Å². The molecule has 18 heavy (non-hydrogen) atoms. The van der Waals surface area contributed by atoms with Crippen LogP contribution in [0.3, 0.4) is 0 Å². The number of benzene rings is 2. The van der Waals surface area contributed by atoms with Crippen LogP contribution in [0.1, 0.15) is 5.56 Å². The Morgan fingerprint density at radius 2 is 1.72 bits per heavy atom. The van der Waals surface area contributed by atoms with Crippen LogP contribution in [-0.4, -0.2) is 0 Å². The molecule has 0 aromatic heterocycles. The fraction of sp³-hybridized carbons (Fsp3) is 0.0769. The summed E-state index contributed by atoms with van der Waals surface area (Å²) in [5, 5.41) is 1.10. The van der Waals surface area contributed by atoms with Crippen LogP contribution in [0.5, 0.6) is 5.75 Å². The Balaban J connectivity index is 2.11. The van der Waals surface area contributed by atoms with Gasteiger partial charge in [0, 0.05) is 25.8 Å². The average molecular weight is 347 g/mol. The molecule has 0 spiro atoms. The molecule has 0 aliphatic carbocycles. The Morgan fingerprint density at radius 1 is 1.06 bits per heavy atom. The first-order chi connectivity index (χ1) is 8.54. The Morgan fingerprint density at radius 3 is 2.33 bits per heavy atom. The maximum atomic E-state index is 5.89. The van der Waals surface area contributed by atoms with E-state index >= 15 is 0 Å². The molecule has 2 nitrogen and oxygen atoms in total. The summed E-state index contributed by atoms with van der Waals surface area (Å²) in [4.78, 5) is 0. The van der Waals surface area contributed by atoms with Crippen LogP contribution in [0.15, 0.2) is 40.9 Å². The van der Waals surface area contributed by atoms with Gasteiger partial charge in [-0.3, -0.25) is 0 Å². The highest BCUT2D eigenvalue weighted by atomic mass is 79.9. The minimum atomic E-state index is 0.414. The van der Waals surface area contributed by atoms with Gasteiger partial charge in [0.25, 0.3) is 0 Å². The Bertz CT molecular complexity index is 555. The van der Waals surface area contributed by atoms with Gasteiger partial charge in [-0.05, 0) is 30.3 Å². The molecule has 0 saturated carbocycles. The van der Waals surface area contributed by atoms with Gasteiger partial charge < -0.3 is 10.5 Å². The zero-order valence-corrected chi connectivity index (χ0v) is 12.4. The Hall–Kier alpha value is -0.900. The van der Waals surface area contributed by atoms with Gasteiger partial charge in [-0.15, -0.1) is 0 Å². The summed E-state index contributed by atoms with van der Waals surface area (Å²) in [7, 11) is 0. The maximum Gasteiger partial charge on any atom is 0.122 e. The molecule has 0 fully saturated rings. The van der Waals surface area contributed by atoms with E-state index in [2.05, 4.69) is 15.9 Å². The number of halogens is 3. The van der Waals surface area contributed by atoms with Crippen LogP contribution < -0.4 is 10.5 Å². The van der Waals surface area contributed by atoms with Crippen molar-refractivity contribution >= 4 is 44.8 Å². The van der Waals surface area contributed by atoms with Crippen LogP contribution in [0.2, 0.25) is 10.0 Å². The molecule has 0 aliphatic heterocycles. The molecule has 0 atom stereocenters. The normalized spacial score (nSPS) is 10.4. The summed E-state index contributed by atoms with van der Waals surface area (Å²) in [6.07, 6.45) is 0. The number of hydrogen-bond donors (Lipinski definition) is 1. The van der Waals surface area contributed by atoms with Crippen molar-refractivity contribution in [3.63, 3.8) is 0 Å². The number of anilines is 1. The fourth-order valence-corrected chi connectivity index (χ4v) is 2.47. The smallest absolute Gasteiger partial charge is 0.122 e. The number of hydrogen-bond acceptors (Lipinski definition) is 2. The lowest BCUT2D eigenvalue weighted by atomic mass is 10.2. The predicted octanol–water partition coefficient (Wildman–Crippen LogP) is 4.92. The van der Waals surface area contributed by atoms with Crippen LogP contribution in [0, 0.1) is 0 Å². The van der Waals surface area contributed by atoms with Gasteiger partial charge in [-0.1, -0.05) is 45.2 Å². The van der Waals surface area contributed by atoms with Crippen molar-refractivity contribution < 1.29 is 4.74 Å². The monoisotopic (exact) mass is 345 g/mol. The molecule has 2 rings (SSSR count). The van der Waals surface area contributed by atoms with Crippen LogP contribution in [0.25, 0.3) is 0 Å². The second kappa shape index (κ2) is 5.83. The van der Waals surface area contributed by atoms with Crippen molar-refractivity contribution in [2.45, 2.75) is 6.61 Å². The van der Waals surface area contributed by atoms with Crippen LogP contribution in [0.4, 0.5) is 5.69 Å². The molecule has 0 aliphatic rings. The number of rotatable bonds is 3. The molecule has 0 unspecified atom stereocenters. The molecule has 2 aromatic carbocycles. The van der Waals surface area contributed by atoms with E-state index in [1.807, 2.05) is 18.2 Å². The highest BCUT2D eigenvalue weighted by molar-refractivity contribution is 9.10. The maximum absolute atomic E-state index is 5.89. The van der Waals surface area contributed by atoms with Crippen molar-refractivity contribution in [3.8, 4) is 5.75 Å². The van der Waals surface area contributed by atoms with E-state index in [1.54, 1.807) is 18.2 Å². The highest BCUT2D eigenvalue weighted by Gasteiger charge is 2.03. The topological polar surface area (TPSA) is 35.2 Å². The third-order valence-corrected chi connectivity index (χ3v) is 3.48. The second-order valence-electron chi connectivity index (χ2n) is 3.74. The van der Waals surface area contributed by atoms with Crippen molar-refractivity contribution in [2.24, 2.45) is 0 Å². The SMILES string of the molecule is Nc1ccc(COc2cc(Cl)cc(Cl)c2)c(Br)c1. The summed E-state index contributed by atoms with van der Waals surface area (Å²) in [6, 6.07) is 10.7. The Labute approximate surface area is 124 Å². The first-order valence-corrected chi connectivity index (χ1v) is 6.72. The van der Waals surface area contributed by atoms with E-state index in [0.717, 1.165) is 10.0 Å². The summed E-state index contributed by atoms with van der Waals surface area (Å²) < 4.78 is 6.55. The van der Waals surface area contributed by atoms with Gasteiger partial charge >= 0.3 is 0 Å². The molecular weight excluding hydrogens is 337 g/mol. The molecular formula is C13H10BrCl2NO. The number of nitrogen functional groups attached to an aromatic ring is 1. The van der Waals surface area contributed by atoms with Crippen molar-refractivity contribution in [3.05, 3.63) is 56.5 Å². The number of ether oxygens (including phenoxy) is 1. The highest BCUT2D eigenvalue weighted by Crippen LogP contribution is 2.26. The lowest BCUT2D eigenvalue weighted by Gasteiger charge is -2.09. The van der Waals surface area contributed by atoms with E-state index in [1.165, 1.54) is 0 Å². The van der Waals surface area contributed by atoms with Gasteiger partial charge in [-0.2, -0.15) is 0 Å². The van der Waals surface area contributed by atoms with Gasteiger partial charge in [0.2, 0.25) is 0 Å². The summed E-state index contributed by atoms with van der Waals surface area (Å²) >= 11 is 15.2. The third kappa shape index (κ3) is 3.55. The molecule has 0 saturated heterocycles. The lowest BCUT2D eigenvalue weighted by Crippen LogP contribution is -1.97. The lowest BCUT2D eigenvalue weighted by molar-refractivity contribution is 0.305. The molecule has 0 radical (unpaired) electrons. The van der Waals surface area contributed by atoms with Gasteiger partial charge in [-0.25, -0.2) is 0 Å². The predicted molar refractivity (Wildman–Crippen MR) is 79.3 cm³/mol. The van der Waals surface area contributed by atoms with Gasteiger partial charge in [0.1, 0.15) is 12.4 Å². The quantitative estimate of drug-likeness (QED) is 0.801. The minimum absolute atomic E-state index is 0.414. The van der Waals surface area contributed by atoms with E-state index in [-0.39, 0.29) is 0 Å². The summed E-state index contributed by atoms with van der Waals surface area (Å²) in [5.41, 5.74) is 7.37. The van der Waals surface area contributed by atoms with E-state index in [0.29, 0.717) is 28.1 Å². The Kier molecular flexibility index (Phi) is 4.38. The van der Waals surface area contributed by atoms with Crippen LogP contribution in [-0.2, 0) is 6.61 Å². The zero-order chi connectivity index (χ0) is 13.1. The molecule has 0 heterocycles. The van der Waals surface area contributed by atoms with Gasteiger partial charge in [0.05, 0.1) is 0 Å². The minimum Gasteiger partial charge on any atom is -0.489 e. The molecule has 94 valence electrons.